The Kier molecular flexibility index (Phi) is 6.06. The molecule has 0 bridgehead atoms. The van der Waals surface area contributed by atoms with Crippen LogP contribution in [-0.4, -0.2) is 32.4 Å². The van der Waals surface area contributed by atoms with Crippen LogP contribution in [0.2, 0.25) is 10.0 Å². The van der Waals surface area contributed by atoms with Gasteiger partial charge in [-0.3, -0.25) is 9.67 Å². The number of halogens is 4. The summed E-state index contributed by atoms with van der Waals surface area (Å²) in [4.78, 5) is 28.9. The van der Waals surface area contributed by atoms with Crippen LogP contribution in [0.1, 0.15) is 72.9 Å². The van der Waals surface area contributed by atoms with Crippen LogP contribution < -0.4 is 5.32 Å². The van der Waals surface area contributed by atoms with Crippen LogP contribution in [0.25, 0.3) is 0 Å². The van der Waals surface area contributed by atoms with E-state index in [2.05, 4.69) is 15.4 Å². The third-order valence-corrected chi connectivity index (χ3v) is 5.03. The van der Waals surface area contributed by atoms with Crippen molar-refractivity contribution in [1.82, 2.24) is 20.1 Å². The summed E-state index contributed by atoms with van der Waals surface area (Å²) in [5, 5.41) is 6.97. The molecule has 2 heterocycles. The summed E-state index contributed by atoms with van der Waals surface area (Å²) in [6.45, 7) is 5.07. The Bertz CT molecular complexity index is 1000. The second-order valence-corrected chi connectivity index (χ2v) is 8.93. The third-order valence-electron chi connectivity index (χ3n) is 4.52. The fourth-order valence-electron chi connectivity index (χ4n) is 3.31. The van der Waals surface area contributed by atoms with Gasteiger partial charge in [0, 0.05) is 30.6 Å². The van der Waals surface area contributed by atoms with Crippen molar-refractivity contribution in [1.29, 1.82) is 0 Å². The Balaban J connectivity index is 1.92. The van der Waals surface area contributed by atoms with E-state index in [0.29, 0.717) is 22.2 Å². The first-order valence-corrected chi connectivity index (χ1v) is 9.84. The summed E-state index contributed by atoms with van der Waals surface area (Å²) >= 11 is 12.1. The highest BCUT2D eigenvalue weighted by Gasteiger charge is 2.47. The molecule has 1 aliphatic carbocycles. The molecule has 1 N–H and O–H groups in total. The van der Waals surface area contributed by atoms with E-state index >= 15 is 0 Å². The van der Waals surface area contributed by atoms with E-state index in [1.165, 1.54) is 17.9 Å². The number of amides is 1. The van der Waals surface area contributed by atoms with Crippen molar-refractivity contribution in [3.05, 3.63) is 45.0 Å². The minimum Gasteiger partial charge on any atom is -0.372 e. The summed E-state index contributed by atoms with van der Waals surface area (Å²) < 4.78 is 33.1. The van der Waals surface area contributed by atoms with E-state index in [-0.39, 0.29) is 17.5 Å². The molecule has 0 spiro atoms. The van der Waals surface area contributed by atoms with E-state index in [0.717, 1.165) is 0 Å². The Morgan fingerprint density at radius 2 is 1.97 bits per heavy atom. The number of carbonyl (C=O) groups excluding carboxylic acids is 2. The predicted octanol–water partition coefficient (Wildman–Crippen LogP) is 5.00. The minimum absolute atomic E-state index is 0.203. The maximum absolute atomic E-state index is 13.6. The van der Waals surface area contributed by atoms with Crippen LogP contribution in [0.5, 0.6) is 0 Å². The average Bonchev–Trinajstić information content (AvgIpc) is 3.27. The Hall–Kier alpha value is -2.26. The Labute approximate surface area is 181 Å². The number of alkyl halides is 2. The van der Waals surface area contributed by atoms with Gasteiger partial charge in [0.2, 0.25) is 0 Å². The molecule has 2 aromatic heterocycles. The van der Waals surface area contributed by atoms with Crippen LogP contribution in [0.4, 0.5) is 13.6 Å². The molecular weight excluding hydrogens is 441 g/mol. The number of aryl methyl sites for hydroxylation is 1. The van der Waals surface area contributed by atoms with Gasteiger partial charge in [0.25, 0.3) is 6.43 Å². The number of pyridine rings is 1. The number of nitrogens with zero attached hydrogens (tertiary/aromatic N) is 3. The maximum Gasteiger partial charge on any atom is 0.415 e. The molecule has 0 saturated heterocycles. The zero-order valence-electron chi connectivity index (χ0n) is 16.7. The number of esters is 1. The lowest BCUT2D eigenvalue weighted by Gasteiger charge is -2.19. The summed E-state index contributed by atoms with van der Waals surface area (Å²) in [6.07, 6.45) is -2.09. The zero-order chi connectivity index (χ0) is 22.4. The minimum atomic E-state index is -3.02. The number of carbonyl (C=O) groups is 2. The summed E-state index contributed by atoms with van der Waals surface area (Å²) in [5.41, 5.74) is -1.01. The molecule has 7 nitrogen and oxygen atoms in total. The highest BCUT2D eigenvalue weighted by atomic mass is 35.5. The van der Waals surface area contributed by atoms with Crippen molar-refractivity contribution in [3.63, 3.8) is 0 Å². The van der Waals surface area contributed by atoms with E-state index in [1.807, 2.05) is 0 Å². The SMILES string of the molecule is Cn1nc(C(F)F)c(C(=O)OC(=O)NC(C)(C)C)c1C1CC1c1ncc(Cl)cc1Cl. The molecule has 162 valence electrons. The number of rotatable bonds is 4. The first kappa shape index (κ1) is 22.4. The molecule has 0 radical (unpaired) electrons. The fourth-order valence-corrected chi connectivity index (χ4v) is 3.83. The smallest absolute Gasteiger partial charge is 0.372 e. The predicted molar refractivity (Wildman–Crippen MR) is 106 cm³/mol. The van der Waals surface area contributed by atoms with Gasteiger partial charge in [0.15, 0.2) is 0 Å². The van der Waals surface area contributed by atoms with Crippen molar-refractivity contribution < 1.29 is 23.1 Å². The molecule has 1 aliphatic rings. The zero-order valence-corrected chi connectivity index (χ0v) is 18.2. The second-order valence-electron chi connectivity index (χ2n) is 8.09. The summed E-state index contributed by atoms with van der Waals surface area (Å²) in [7, 11) is 1.46. The molecule has 1 fully saturated rings. The van der Waals surface area contributed by atoms with Gasteiger partial charge in [0.05, 0.1) is 21.4 Å². The van der Waals surface area contributed by atoms with Crippen molar-refractivity contribution in [2.24, 2.45) is 7.05 Å². The lowest BCUT2D eigenvalue weighted by atomic mass is 10.1. The van der Waals surface area contributed by atoms with Gasteiger partial charge in [-0.1, -0.05) is 23.2 Å². The van der Waals surface area contributed by atoms with Crippen molar-refractivity contribution in [3.8, 4) is 0 Å². The van der Waals surface area contributed by atoms with Gasteiger partial charge in [0.1, 0.15) is 11.3 Å². The number of hydrogen-bond acceptors (Lipinski definition) is 5. The molecule has 2 atom stereocenters. The lowest BCUT2D eigenvalue weighted by molar-refractivity contribution is 0.0599. The number of aromatic nitrogens is 3. The largest absolute Gasteiger partial charge is 0.415 e. The molecular formula is C19H20Cl2F2N4O3. The van der Waals surface area contributed by atoms with Gasteiger partial charge < -0.3 is 10.1 Å². The number of ether oxygens (including phenoxy) is 1. The average molecular weight is 461 g/mol. The second kappa shape index (κ2) is 8.11. The van der Waals surface area contributed by atoms with Crippen molar-refractivity contribution >= 4 is 35.3 Å². The van der Waals surface area contributed by atoms with Crippen LogP contribution in [0.15, 0.2) is 12.3 Å². The van der Waals surface area contributed by atoms with E-state index in [9.17, 15) is 18.4 Å². The molecule has 3 rings (SSSR count). The van der Waals surface area contributed by atoms with Gasteiger partial charge in [-0.15, -0.1) is 0 Å². The van der Waals surface area contributed by atoms with Crippen LogP contribution >= 0.6 is 23.2 Å². The van der Waals surface area contributed by atoms with Gasteiger partial charge >= 0.3 is 12.1 Å². The summed E-state index contributed by atoms with van der Waals surface area (Å²) in [6, 6.07) is 1.54. The molecule has 2 unspecified atom stereocenters. The first-order chi connectivity index (χ1) is 13.9. The van der Waals surface area contributed by atoms with E-state index in [1.54, 1.807) is 26.8 Å². The monoisotopic (exact) mass is 460 g/mol. The number of alkyl carbamates (subject to hydrolysis) is 1. The van der Waals surface area contributed by atoms with E-state index in [4.69, 9.17) is 27.9 Å². The molecule has 1 amide bonds. The van der Waals surface area contributed by atoms with Crippen molar-refractivity contribution in [2.75, 3.05) is 0 Å². The summed E-state index contributed by atoms with van der Waals surface area (Å²) in [5.74, 6) is -1.73. The Morgan fingerprint density at radius 1 is 1.30 bits per heavy atom. The molecule has 0 aromatic carbocycles. The lowest BCUT2D eigenvalue weighted by Crippen LogP contribution is -2.41. The molecule has 1 saturated carbocycles. The van der Waals surface area contributed by atoms with Gasteiger partial charge in [-0.05, 0) is 33.3 Å². The van der Waals surface area contributed by atoms with E-state index < -0.39 is 35.3 Å². The highest BCUT2D eigenvalue weighted by molar-refractivity contribution is 6.34. The highest BCUT2D eigenvalue weighted by Crippen LogP contribution is 2.56. The third kappa shape index (κ3) is 4.73. The Morgan fingerprint density at radius 3 is 2.53 bits per heavy atom. The van der Waals surface area contributed by atoms with Crippen molar-refractivity contribution in [2.45, 2.75) is 51.0 Å². The molecule has 30 heavy (non-hydrogen) atoms. The normalized spacial score (nSPS) is 18.4. The van der Waals surface area contributed by atoms with Crippen LogP contribution in [-0.2, 0) is 11.8 Å². The number of hydrogen-bond donors (Lipinski definition) is 1. The maximum atomic E-state index is 13.6. The molecule has 2 aromatic rings. The quantitative estimate of drug-likeness (QED) is 0.512. The first-order valence-electron chi connectivity index (χ1n) is 9.09. The van der Waals surface area contributed by atoms with Gasteiger partial charge in [-0.2, -0.15) is 5.10 Å². The standard InChI is InChI=1S/C19H20Cl2F2N4O3/c1-19(2,3)25-18(29)30-17(28)12-14(16(22)23)26-27(4)15(12)10-6-9(10)13-11(21)5-8(20)7-24-13/h5,7,9-10,16H,6H2,1-4H3,(H,25,29). The number of nitrogens with one attached hydrogen (secondary N) is 1. The topological polar surface area (TPSA) is 86.1 Å². The fraction of sp³-hybridized carbons (Fsp3) is 0.474. The molecule has 11 heteroatoms. The van der Waals surface area contributed by atoms with Gasteiger partial charge in [-0.25, -0.2) is 18.4 Å². The van der Waals surface area contributed by atoms with Crippen LogP contribution in [0, 0.1) is 0 Å². The molecule has 0 aliphatic heterocycles. The van der Waals surface area contributed by atoms with Crippen LogP contribution in [0.3, 0.4) is 0 Å².